The predicted molar refractivity (Wildman–Crippen MR) is 375 cm³/mol. The summed E-state index contributed by atoms with van der Waals surface area (Å²) in [6.45, 7) is 0.936. The molecular formula is C74H80ClN11O19. The summed E-state index contributed by atoms with van der Waals surface area (Å²) in [7, 11) is 0. The van der Waals surface area contributed by atoms with Gasteiger partial charge in [-0.2, -0.15) is 0 Å². The van der Waals surface area contributed by atoms with Gasteiger partial charge in [0.15, 0.2) is 5.60 Å². The molecule has 0 unspecified atom stereocenters. The van der Waals surface area contributed by atoms with Crippen molar-refractivity contribution in [2.24, 2.45) is 0 Å². The number of aromatic nitrogens is 3. The van der Waals surface area contributed by atoms with Crippen LogP contribution in [0.25, 0.3) is 0 Å². The normalized spacial score (nSPS) is 13.3. The van der Waals surface area contributed by atoms with Crippen molar-refractivity contribution in [1.82, 2.24) is 57.1 Å². The number of esters is 1. The Labute approximate surface area is 606 Å². The third kappa shape index (κ3) is 21.5. The molecule has 552 valence electrons. The molecular weight excluding hydrogens is 1380 g/mol. The van der Waals surface area contributed by atoms with Crippen molar-refractivity contribution in [3.05, 3.63) is 195 Å². The maximum absolute atomic E-state index is 14.3. The van der Waals surface area contributed by atoms with E-state index in [4.69, 9.17) is 26.2 Å². The van der Waals surface area contributed by atoms with Gasteiger partial charge in [-0.15, -0.1) is 5.10 Å². The number of aromatic hydroxyl groups is 3. The second-order valence-corrected chi connectivity index (χ2v) is 25.7. The lowest BCUT2D eigenvalue weighted by atomic mass is 9.77. The molecule has 3 heterocycles. The molecule has 4 atom stereocenters. The summed E-state index contributed by atoms with van der Waals surface area (Å²) in [4.78, 5) is 145. The summed E-state index contributed by atoms with van der Waals surface area (Å²) in [6, 6.07) is 28.9. The van der Waals surface area contributed by atoms with Gasteiger partial charge in [0.2, 0.25) is 29.5 Å². The Morgan fingerprint density at radius 2 is 1.18 bits per heavy atom. The number of carbonyl (C=O) groups excluding carboxylic acids is 8. The number of fused-ring (bicyclic) bond motifs is 6. The van der Waals surface area contributed by atoms with Gasteiger partial charge in [0.25, 0.3) is 5.91 Å². The minimum atomic E-state index is -1.58. The first-order valence-electron chi connectivity index (χ1n) is 34.0. The zero-order valence-electron chi connectivity index (χ0n) is 56.9. The molecule has 6 aromatic carbocycles. The zero-order valence-corrected chi connectivity index (χ0v) is 57.6. The van der Waals surface area contributed by atoms with Crippen LogP contribution in [0.4, 0.5) is 4.79 Å². The Kier molecular flexibility index (Phi) is 26.9. The summed E-state index contributed by atoms with van der Waals surface area (Å²) in [5.41, 5.74) is 2.00. The number of urea groups is 1. The van der Waals surface area contributed by atoms with Crippen LogP contribution in [-0.2, 0) is 81.2 Å². The topological polar surface area (TPSA) is 446 Å². The van der Waals surface area contributed by atoms with E-state index in [2.05, 4.69) is 47.5 Å². The molecule has 1 spiro atoms. The van der Waals surface area contributed by atoms with Crippen LogP contribution in [0.2, 0.25) is 5.02 Å². The number of unbranched alkanes of at least 4 members (excludes halogenated alkanes) is 3. The molecule has 0 bridgehead atoms. The van der Waals surface area contributed by atoms with Crippen molar-refractivity contribution >= 4 is 77.0 Å². The van der Waals surface area contributed by atoms with Crippen molar-refractivity contribution in [3.8, 4) is 28.7 Å². The maximum Gasteiger partial charge on any atom is 0.340 e. The molecule has 2 aliphatic heterocycles. The minimum absolute atomic E-state index is 0.00600. The van der Waals surface area contributed by atoms with Crippen molar-refractivity contribution in [3.63, 3.8) is 0 Å². The quantitative estimate of drug-likeness (QED) is 0.0150. The van der Waals surface area contributed by atoms with Crippen LogP contribution in [0.15, 0.2) is 140 Å². The monoisotopic (exact) mass is 1460 g/mol. The molecule has 31 heteroatoms. The molecule has 8 amide bonds. The fourth-order valence-electron chi connectivity index (χ4n) is 12.2. The average Bonchev–Trinajstić information content (AvgIpc) is 1.58. The highest BCUT2D eigenvalue weighted by Crippen LogP contribution is 2.57. The smallest absolute Gasteiger partial charge is 0.340 e. The molecule has 105 heavy (non-hydrogen) atoms. The van der Waals surface area contributed by atoms with E-state index in [1.54, 1.807) is 102 Å². The van der Waals surface area contributed by atoms with Crippen molar-refractivity contribution in [2.45, 2.75) is 139 Å². The van der Waals surface area contributed by atoms with Crippen LogP contribution in [0.5, 0.6) is 28.7 Å². The van der Waals surface area contributed by atoms with E-state index in [-0.39, 0.29) is 130 Å². The second-order valence-electron chi connectivity index (χ2n) is 25.2. The SMILES string of the molecule is O=C(O)CC[C@H](NC(=O)N[C@@H](CCCCN(Cc1cccc(Cl)c1)C(=O)CCCCCNC(=O)CCC(=O)N[C@@H](Cc1ccccc1)C(=O)N[C@@H](Cc1ccc(O)cc1)C(=O)NCCCn1cc(CNC(=O)c2cccc3c2C(=O)OC32c3ccc(O)cc3Oc3cc(O)ccc32)nn1)C(=O)O)C(=O)O. The molecule has 0 radical (unpaired) electrons. The first kappa shape index (κ1) is 77.1. The van der Waals surface area contributed by atoms with Crippen molar-refractivity contribution < 1.29 is 92.9 Å². The lowest BCUT2D eigenvalue weighted by molar-refractivity contribution is -0.141. The van der Waals surface area contributed by atoms with Crippen molar-refractivity contribution in [2.75, 3.05) is 19.6 Å². The third-order valence-electron chi connectivity index (χ3n) is 17.5. The van der Waals surface area contributed by atoms with Gasteiger partial charge in [-0.25, -0.2) is 19.2 Å². The number of hydrogen-bond acceptors (Lipinski definition) is 18. The highest BCUT2D eigenvalue weighted by molar-refractivity contribution is 6.30. The Morgan fingerprint density at radius 1 is 0.552 bits per heavy atom. The number of phenols is 3. The average molecular weight is 1460 g/mol. The van der Waals surface area contributed by atoms with Crippen LogP contribution >= 0.6 is 11.6 Å². The number of aliphatic carboxylic acids is 3. The Balaban J connectivity index is 0.724. The largest absolute Gasteiger partial charge is 0.508 e. The van der Waals surface area contributed by atoms with Gasteiger partial charge in [-0.3, -0.25) is 38.2 Å². The van der Waals surface area contributed by atoms with Gasteiger partial charge < -0.3 is 82.2 Å². The highest BCUT2D eigenvalue weighted by Gasteiger charge is 2.55. The van der Waals surface area contributed by atoms with Crippen LogP contribution in [0, 0.1) is 0 Å². The molecule has 0 saturated heterocycles. The van der Waals surface area contributed by atoms with E-state index in [0.29, 0.717) is 70.6 Å². The lowest BCUT2D eigenvalue weighted by Crippen LogP contribution is -2.55. The van der Waals surface area contributed by atoms with E-state index in [1.165, 1.54) is 47.1 Å². The highest BCUT2D eigenvalue weighted by atomic mass is 35.5. The maximum atomic E-state index is 14.3. The fourth-order valence-corrected chi connectivity index (χ4v) is 12.4. The number of nitrogens with zero attached hydrogens (tertiary/aromatic N) is 4. The van der Waals surface area contributed by atoms with Crippen LogP contribution in [0.1, 0.15) is 137 Å². The molecule has 1 aromatic heterocycles. The second kappa shape index (κ2) is 36.7. The van der Waals surface area contributed by atoms with Crippen molar-refractivity contribution in [1.29, 1.82) is 0 Å². The number of rotatable bonds is 38. The summed E-state index contributed by atoms with van der Waals surface area (Å²) in [6.07, 6.45) is 2.63. The summed E-state index contributed by atoms with van der Waals surface area (Å²) >= 11 is 6.23. The van der Waals surface area contributed by atoms with Gasteiger partial charge in [-0.05, 0) is 116 Å². The number of nitrogens with one attached hydrogen (secondary N) is 7. The number of aryl methyl sites for hydroxylation is 1. The number of ether oxygens (including phenoxy) is 2. The zero-order chi connectivity index (χ0) is 75.2. The fraction of sp³-hybridized carbons (Fsp3) is 0.338. The summed E-state index contributed by atoms with van der Waals surface area (Å²) < 4.78 is 13.7. The molecule has 0 aliphatic carbocycles. The first-order valence-corrected chi connectivity index (χ1v) is 34.4. The predicted octanol–water partition coefficient (Wildman–Crippen LogP) is 6.23. The van der Waals surface area contributed by atoms with Gasteiger partial charge >= 0.3 is 29.9 Å². The number of phenolic OH excluding ortho intramolecular Hbond substituents is 3. The van der Waals surface area contributed by atoms with Crippen LogP contribution in [-0.4, -0.2) is 160 Å². The number of benzene rings is 6. The van der Waals surface area contributed by atoms with Gasteiger partial charge in [0.05, 0.1) is 23.9 Å². The minimum Gasteiger partial charge on any atom is -0.508 e. The summed E-state index contributed by atoms with van der Waals surface area (Å²) in [5, 5.41) is 85.9. The number of amides is 8. The number of carboxylic acid groups (broad SMARTS) is 3. The molecule has 9 rings (SSSR count). The first-order chi connectivity index (χ1) is 50.4. The Hall–Kier alpha value is -12.1. The molecule has 0 saturated carbocycles. The summed E-state index contributed by atoms with van der Waals surface area (Å²) in [5.74, 6) is -7.88. The van der Waals surface area contributed by atoms with E-state index in [1.807, 2.05) is 0 Å². The van der Waals surface area contributed by atoms with Gasteiger partial charge in [0, 0.05) is 105 Å². The van der Waals surface area contributed by atoms with Gasteiger partial charge in [-0.1, -0.05) is 90.0 Å². The molecule has 30 nitrogen and oxygen atoms in total. The standard InChI is InChI=1S/C74H80ClN11O19/c75-47-15-9-14-46(36-47)42-85(34-8-6-18-56(70(98)99)81-73(103)82-57(71(100)101)28-31-65(93)94)64(92)19-5-2-7-32-76-62(90)29-30-63(91)79-59(37-44-12-3-1-4-13-44)69(97)80-58(38-45-20-22-49(87)23-21-45)68(96)77-33-11-35-86-43-48(83-84-86)41-78-67(95)52-16-10-17-55-66(52)72(102)105-74(55)53-26-24-50(88)39-60(53)104-61-40-51(89)25-27-54(61)74/h1,3-4,9-10,12-17,20-27,36,39-40,43,56-59,87-89H,2,5-8,11,18-19,28-35,37-38,41-42H2,(H,76,90)(H,77,96)(H,78,95)(H,79,91)(H,80,97)(H,93,94)(H,98,99)(H,100,101)(H2,81,82,103)/t56-,57-,58-,59-/m0/s1. The van der Waals surface area contributed by atoms with E-state index >= 15 is 0 Å². The molecule has 0 fully saturated rings. The number of halogens is 1. The molecule has 2 aliphatic rings. The molecule has 7 aromatic rings. The van der Waals surface area contributed by atoms with E-state index < -0.39 is 102 Å². The van der Waals surface area contributed by atoms with E-state index in [9.17, 15) is 78.3 Å². The number of hydrogen-bond donors (Lipinski definition) is 13. The van der Waals surface area contributed by atoms with Gasteiger partial charge in [0.1, 0.15) is 58.6 Å². The van der Waals surface area contributed by atoms with E-state index in [0.717, 1.165) is 5.56 Å². The van der Waals surface area contributed by atoms with Crippen LogP contribution < -0.4 is 42.0 Å². The molecule has 13 N–H and O–H groups in total. The Morgan fingerprint density at radius 3 is 1.86 bits per heavy atom. The number of carbonyl (C=O) groups is 11. The Bertz CT molecular complexity index is 4280. The number of carboxylic acids is 3. The third-order valence-corrected chi connectivity index (χ3v) is 17.7. The lowest BCUT2D eigenvalue weighted by Gasteiger charge is -2.36. The van der Waals surface area contributed by atoms with Crippen LogP contribution in [0.3, 0.4) is 0 Å².